The molecule has 0 bridgehead atoms. The molecule has 0 atom stereocenters. The van der Waals surface area contributed by atoms with Crippen LogP contribution in [-0.2, 0) is 10.0 Å². The van der Waals surface area contributed by atoms with E-state index in [1.807, 2.05) is 0 Å². The quantitative estimate of drug-likeness (QED) is 0.848. The van der Waals surface area contributed by atoms with Gasteiger partial charge in [0.15, 0.2) is 0 Å². The third kappa shape index (κ3) is 2.63. The van der Waals surface area contributed by atoms with Crippen LogP contribution in [0.3, 0.4) is 0 Å². The van der Waals surface area contributed by atoms with Crippen molar-refractivity contribution in [3.8, 4) is 0 Å². The van der Waals surface area contributed by atoms with Gasteiger partial charge in [-0.15, -0.1) is 0 Å². The monoisotopic (exact) mass is 320 g/mol. The third-order valence-corrected chi connectivity index (χ3v) is 3.50. The minimum Gasteiger partial charge on any atom is -0.242 e. The summed E-state index contributed by atoms with van der Waals surface area (Å²) in [5.41, 5.74) is -0.780. The Labute approximate surface area is 97.6 Å². The summed E-state index contributed by atoms with van der Waals surface area (Å²) in [5, 5.41) is 4.19. The number of nitrogens with zero attached hydrogens (tertiary/aromatic N) is 1. The highest BCUT2D eigenvalue weighted by atomic mass is 79.9. The molecule has 0 unspecified atom stereocenters. The van der Waals surface area contributed by atoms with E-state index in [2.05, 4.69) is 20.9 Å². The molecule has 0 aliphatic heterocycles. The molecular formula is C6H4BrClF2N2O2S. The maximum absolute atomic E-state index is 12.6. The van der Waals surface area contributed by atoms with Gasteiger partial charge in [0.1, 0.15) is 10.0 Å². The summed E-state index contributed by atoms with van der Waals surface area (Å²) in [7, 11) is -4.34. The first-order valence-corrected chi connectivity index (χ1v) is 6.11. The Morgan fingerprint density at radius 3 is 2.40 bits per heavy atom. The number of hydrogen-bond donors (Lipinski definition) is 1. The summed E-state index contributed by atoms with van der Waals surface area (Å²) in [4.78, 5) is 2.56. The topological polar surface area (TPSA) is 73.1 Å². The zero-order valence-electron chi connectivity index (χ0n) is 6.92. The molecule has 1 rings (SSSR count). The van der Waals surface area contributed by atoms with E-state index in [9.17, 15) is 17.2 Å². The molecule has 0 spiro atoms. The first-order chi connectivity index (χ1) is 6.75. The van der Waals surface area contributed by atoms with Crippen LogP contribution < -0.4 is 5.14 Å². The lowest BCUT2D eigenvalue weighted by molar-refractivity contribution is 0.147. The molecule has 0 aromatic carbocycles. The van der Waals surface area contributed by atoms with E-state index in [1.54, 1.807) is 0 Å². The fourth-order valence-electron chi connectivity index (χ4n) is 0.935. The lowest BCUT2D eigenvalue weighted by atomic mass is 10.3. The molecule has 15 heavy (non-hydrogen) atoms. The highest BCUT2D eigenvalue weighted by Gasteiger charge is 2.27. The Morgan fingerprint density at radius 1 is 1.53 bits per heavy atom. The molecule has 1 aromatic heterocycles. The van der Waals surface area contributed by atoms with Crippen LogP contribution in [0, 0.1) is 0 Å². The number of aromatic nitrogens is 1. The van der Waals surface area contributed by atoms with E-state index >= 15 is 0 Å². The summed E-state index contributed by atoms with van der Waals surface area (Å²) >= 11 is 8.16. The molecule has 9 heteroatoms. The lowest BCUT2D eigenvalue weighted by Gasteiger charge is -2.09. The van der Waals surface area contributed by atoms with Crippen LogP contribution in [0.15, 0.2) is 15.6 Å². The largest absolute Gasteiger partial charge is 0.266 e. The van der Waals surface area contributed by atoms with E-state index in [1.165, 1.54) is 0 Å². The van der Waals surface area contributed by atoms with Crippen LogP contribution in [0.25, 0.3) is 0 Å². The summed E-state index contributed by atoms with van der Waals surface area (Å²) in [5.74, 6) is 0. The molecular weight excluding hydrogens is 317 g/mol. The van der Waals surface area contributed by atoms with Crippen molar-refractivity contribution in [3.63, 3.8) is 0 Å². The second-order valence-corrected chi connectivity index (χ2v) is 5.20. The van der Waals surface area contributed by atoms with Gasteiger partial charge in [-0.2, -0.15) is 0 Å². The summed E-state index contributed by atoms with van der Waals surface area (Å²) in [6, 6.07) is 0. The standard InChI is InChI=1S/C6H4BrClF2N2O2S/c7-2-1-12-5(8)4(15(11,13)14)3(2)6(9)10/h1,6H,(H2,11,13,14). The highest BCUT2D eigenvalue weighted by molar-refractivity contribution is 9.10. The van der Waals surface area contributed by atoms with Crippen molar-refractivity contribution in [1.82, 2.24) is 4.98 Å². The van der Waals surface area contributed by atoms with Crippen LogP contribution in [0.2, 0.25) is 5.15 Å². The Morgan fingerprint density at radius 2 is 2.07 bits per heavy atom. The molecule has 0 aliphatic rings. The fourth-order valence-corrected chi connectivity index (χ4v) is 2.81. The Bertz CT molecular complexity index is 494. The lowest BCUT2D eigenvalue weighted by Crippen LogP contribution is -2.16. The number of halogens is 4. The molecule has 0 fully saturated rings. The maximum Gasteiger partial charge on any atom is 0.266 e. The predicted molar refractivity (Wildman–Crippen MR) is 53.3 cm³/mol. The van der Waals surface area contributed by atoms with Crippen LogP contribution in [0.5, 0.6) is 0 Å². The predicted octanol–water partition coefficient (Wildman–Crippen LogP) is 2.08. The fraction of sp³-hybridized carbons (Fsp3) is 0.167. The van der Waals surface area contributed by atoms with Gasteiger partial charge in [0.25, 0.3) is 6.43 Å². The average molecular weight is 322 g/mol. The molecule has 1 heterocycles. The number of rotatable bonds is 2. The maximum atomic E-state index is 12.6. The van der Waals surface area contributed by atoms with Gasteiger partial charge < -0.3 is 0 Å². The SMILES string of the molecule is NS(=O)(=O)c1c(Cl)ncc(Br)c1C(F)F. The molecule has 0 radical (unpaired) electrons. The van der Waals surface area contributed by atoms with E-state index in [0.29, 0.717) is 0 Å². The van der Waals surface area contributed by atoms with Gasteiger partial charge in [-0.1, -0.05) is 11.6 Å². The molecule has 0 aliphatic carbocycles. The van der Waals surface area contributed by atoms with E-state index < -0.39 is 32.1 Å². The van der Waals surface area contributed by atoms with Crippen molar-refractivity contribution >= 4 is 37.6 Å². The highest BCUT2D eigenvalue weighted by Crippen LogP contribution is 2.35. The van der Waals surface area contributed by atoms with Gasteiger partial charge in [0.05, 0.1) is 5.56 Å². The summed E-state index contributed by atoms with van der Waals surface area (Å²) in [6.45, 7) is 0. The summed E-state index contributed by atoms with van der Waals surface area (Å²) in [6.07, 6.45) is -2.04. The molecule has 84 valence electrons. The van der Waals surface area contributed by atoms with Crippen molar-refractivity contribution in [1.29, 1.82) is 0 Å². The number of nitrogens with two attached hydrogens (primary N) is 1. The average Bonchev–Trinajstić information content (AvgIpc) is 2.05. The van der Waals surface area contributed by atoms with E-state index in [-0.39, 0.29) is 4.47 Å². The van der Waals surface area contributed by atoms with Crippen molar-refractivity contribution in [2.24, 2.45) is 5.14 Å². The second-order valence-electron chi connectivity index (χ2n) is 2.49. The minimum atomic E-state index is -4.34. The number of primary sulfonamides is 1. The van der Waals surface area contributed by atoms with Gasteiger partial charge in [-0.3, -0.25) is 0 Å². The van der Waals surface area contributed by atoms with Gasteiger partial charge in [-0.05, 0) is 15.9 Å². The summed E-state index contributed by atoms with van der Waals surface area (Å²) < 4.78 is 47.0. The van der Waals surface area contributed by atoms with Gasteiger partial charge in [0.2, 0.25) is 10.0 Å². The molecule has 2 N–H and O–H groups in total. The molecule has 0 amide bonds. The number of sulfonamides is 1. The van der Waals surface area contributed by atoms with Crippen molar-refractivity contribution < 1.29 is 17.2 Å². The normalized spacial score (nSPS) is 12.1. The van der Waals surface area contributed by atoms with Crippen molar-refractivity contribution in [2.75, 3.05) is 0 Å². The molecule has 0 saturated carbocycles. The van der Waals surface area contributed by atoms with Crippen LogP contribution >= 0.6 is 27.5 Å². The smallest absolute Gasteiger partial charge is 0.242 e. The van der Waals surface area contributed by atoms with Crippen molar-refractivity contribution in [2.45, 2.75) is 11.3 Å². The van der Waals surface area contributed by atoms with Gasteiger partial charge in [-0.25, -0.2) is 27.3 Å². The number of pyridine rings is 1. The molecule has 0 saturated heterocycles. The zero-order valence-corrected chi connectivity index (χ0v) is 10.1. The second kappa shape index (κ2) is 4.28. The minimum absolute atomic E-state index is 0.161. The van der Waals surface area contributed by atoms with Crippen LogP contribution in [-0.4, -0.2) is 13.4 Å². The molecule has 4 nitrogen and oxygen atoms in total. The van der Waals surface area contributed by atoms with Crippen LogP contribution in [0.1, 0.15) is 12.0 Å². The number of hydrogen-bond acceptors (Lipinski definition) is 3. The Hall–Kier alpha value is -0.310. The van der Waals surface area contributed by atoms with Crippen molar-refractivity contribution in [3.05, 3.63) is 21.4 Å². The first-order valence-electron chi connectivity index (χ1n) is 3.40. The first kappa shape index (κ1) is 12.8. The Balaban J connectivity index is 3.68. The zero-order chi connectivity index (χ0) is 11.8. The molecule has 1 aromatic rings. The van der Waals surface area contributed by atoms with Gasteiger partial charge >= 0.3 is 0 Å². The third-order valence-electron chi connectivity index (χ3n) is 1.48. The van der Waals surface area contributed by atoms with E-state index in [0.717, 1.165) is 6.20 Å². The Kier molecular flexibility index (Phi) is 3.64. The van der Waals surface area contributed by atoms with Gasteiger partial charge in [0, 0.05) is 10.7 Å². The number of alkyl halides is 2. The van der Waals surface area contributed by atoms with Crippen LogP contribution in [0.4, 0.5) is 8.78 Å². The van der Waals surface area contributed by atoms with E-state index in [4.69, 9.17) is 16.7 Å².